The lowest BCUT2D eigenvalue weighted by molar-refractivity contribution is -0.143. The van der Waals surface area contributed by atoms with Crippen molar-refractivity contribution in [2.45, 2.75) is 18.6 Å². The number of amides is 1. The van der Waals surface area contributed by atoms with Crippen LogP contribution >= 0.6 is 0 Å². The number of carbonyl (C=O) groups excluding carboxylic acids is 1. The first-order valence-electron chi connectivity index (χ1n) is 10.9. The van der Waals surface area contributed by atoms with E-state index in [1.807, 2.05) is 12.1 Å². The maximum Gasteiger partial charge on any atom is 0.326 e. The molecule has 0 unspecified atom stereocenters. The van der Waals surface area contributed by atoms with Gasteiger partial charge in [0, 0.05) is 48.6 Å². The molecule has 5 rings (SSSR count). The van der Waals surface area contributed by atoms with E-state index in [-0.39, 0.29) is 17.7 Å². The summed E-state index contributed by atoms with van der Waals surface area (Å²) < 4.78 is 7.00. The normalized spacial score (nSPS) is 22.8. The monoisotopic (exact) mass is 461 g/mol. The molecular formula is C25H23N3O6. The fraction of sp³-hybridized carbons (Fsp3) is 0.280. The van der Waals surface area contributed by atoms with Crippen LogP contribution in [0.25, 0.3) is 11.1 Å². The second kappa shape index (κ2) is 8.42. The minimum Gasteiger partial charge on any atom is -0.496 e. The molecule has 0 saturated carbocycles. The Morgan fingerprint density at radius 3 is 2.59 bits per heavy atom. The molecule has 1 saturated heterocycles. The molecule has 3 aromatic rings. The molecule has 2 aliphatic rings. The summed E-state index contributed by atoms with van der Waals surface area (Å²) in [4.78, 5) is 44.5. The average Bonchev–Trinajstić information content (AvgIpc) is 3.39. The number of aliphatic hydroxyl groups is 1. The van der Waals surface area contributed by atoms with E-state index >= 15 is 0 Å². The lowest BCUT2D eigenvalue weighted by Gasteiger charge is -2.29. The Bertz CT molecular complexity index is 1320. The SMILES string of the molecule is COc1ccccc1-c1ccc2n(c1=O)C[C@@H]1[C@@H](CO)[C@H](C(=O)O)N(C(=O)c3cccnc3)[C@H]21. The lowest BCUT2D eigenvalue weighted by atomic mass is 9.88. The number of benzene rings is 1. The number of carboxylic acids is 1. The number of carboxylic acid groups (broad SMARTS) is 1. The van der Waals surface area contributed by atoms with Gasteiger partial charge in [0.05, 0.1) is 24.3 Å². The summed E-state index contributed by atoms with van der Waals surface area (Å²) in [6.07, 6.45) is 2.91. The quantitative estimate of drug-likeness (QED) is 0.594. The third-order valence-electron chi connectivity index (χ3n) is 6.87. The Balaban J connectivity index is 1.64. The average molecular weight is 461 g/mol. The number of hydrogen-bond acceptors (Lipinski definition) is 6. The Morgan fingerprint density at radius 1 is 1.12 bits per heavy atom. The van der Waals surface area contributed by atoms with Gasteiger partial charge in [-0.05, 0) is 30.3 Å². The molecule has 2 N–H and O–H groups in total. The predicted molar refractivity (Wildman–Crippen MR) is 121 cm³/mol. The van der Waals surface area contributed by atoms with Gasteiger partial charge in [0.2, 0.25) is 0 Å². The van der Waals surface area contributed by atoms with Gasteiger partial charge in [-0.25, -0.2) is 4.79 Å². The van der Waals surface area contributed by atoms with Gasteiger partial charge in [-0.3, -0.25) is 14.6 Å². The molecule has 0 bridgehead atoms. The van der Waals surface area contributed by atoms with Crippen LogP contribution in [0.3, 0.4) is 0 Å². The van der Waals surface area contributed by atoms with Crippen LogP contribution < -0.4 is 10.3 Å². The second-order valence-corrected chi connectivity index (χ2v) is 8.48. The third kappa shape index (κ3) is 3.19. The zero-order valence-corrected chi connectivity index (χ0v) is 18.4. The minimum absolute atomic E-state index is 0.202. The van der Waals surface area contributed by atoms with Crippen LogP contribution in [0.2, 0.25) is 0 Å². The summed E-state index contributed by atoms with van der Waals surface area (Å²) in [5.74, 6) is -2.28. The van der Waals surface area contributed by atoms with E-state index in [4.69, 9.17) is 4.74 Å². The van der Waals surface area contributed by atoms with Crippen LogP contribution in [-0.2, 0) is 11.3 Å². The van der Waals surface area contributed by atoms with Crippen molar-refractivity contribution in [3.63, 3.8) is 0 Å². The van der Waals surface area contributed by atoms with Crippen LogP contribution in [0, 0.1) is 11.8 Å². The molecule has 9 heteroatoms. The molecule has 174 valence electrons. The van der Waals surface area contributed by atoms with Gasteiger partial charge in [-0.2, -0.15) is 0 Å². The highest BCUT2D eigenvalue weighted by molar-refractivity contribution is 5.97. The maximum absolute atomic E-state index is 13.5. The molecule has 34 heavy (non-hydrogen) atoms. The number of fused-ring (bicyclic) bond motifs is 3. The fourth-order valence-corrected chi connectivity index (χ4v) is 5.40. The number of likely N-dealkylation sites (tertiary alicyclic amines) is 1. The van der Waals surface area contributed by atoms with Crippen molar-refractivity contribution in [2.24, 2.45) is 11.8 Å². The van der Waals surface area contributed by atoms with Gasteiger partial charge in [-0.15, -0.1) is 0 Å². The first-order chi connectivity index (χ1) is 16.5. The molecule has 2 aliphatic heterocycles. The van der Waals surface area contributed by atoms with Crippen LogP contribution in [0.1, 0.15) is 22.1 Å². The van der Waals surface area contributed by atoms with E-state index in [0.717, 1.165) is 0 Å². The number of aliphatic carboxylic acids is 1. The van der Waals surface area contributed by atoms with E-state index in [9.17, 15) is 24.6 Å². The molecule has 1 aromatic carbocycles. The lowest BCUT2D eigenvalue weighted by Crippen LogP contribution is -2.45. The van der Waals surface area contributed by atoms with Crippen LogP contribution in [0.15, 0.2) is 65.7 Å². The summed E-state index contributed by atoms with van der Waals surface area (Å²) in [5.41, 5.74) is 1.63. The number of rotatable bonds is 5. The Morgan fingerprint density at radius 2 is 1.91 bits per heavy atom. The zero-order valence-electron chi connectivity index (χ0n) is 18.4. The molecule has 0 aliphatic carbocycles. The summed E-state index contributed by atoms with van der Waals surface area (Å²) in [7, 11) is 1.54. The first kappa shape index (κ1) is 21.8. The summed E-state index contributed by atoms with van der Waals surface area (Å²) in [6.45, 7) is -0.218. The molecule has 4 heterocycles. The maximum atomic E-state index is 13.5. The van der Waals surface area contributed by atoms with Gasteiger partial charge in [0.25, 0.3) is 11.5 Å². The molecule has 0 spiro atoms. The van der Waals surface area contributed by atoms with Crippen molar-refractivity contribution in [3.05, 3.63) is 82.5 Å². The number of nitrogens with zero attached hydrogens (tertiary/aromatic N) is 3. The van der Waals surface area contributed by atoms with Gasteiger partial charge in [0.1, 0.15) is 11.8 Å². The number of hydrogen-bond donors (Lipinski definition) is 2. The van der Waals surface area contributed by atoms with Crippen molar-refractivity contribution >= 4 is 11.9 Å². The predicted octanol–water partition coefficient (Wildman–Crippen LogP) is 1.81. The van der Waals surface area contributed by atoms with Crippen molar-refractivity contribution < 1.29 is 24.5 Å². The number of pyridine rings is 2. The van der Waals surface area contributed by atoms with Gasteiger partial charge in [-0.1, -0.05) is 18.2 Å². The van der Waals surface area contributed by atoms with Gasteiger partial charge in [0.15, 0.2) is 0 Å². The van der Waals surface area contributed by atoms with Crippen LogP contribution in [0.5, 0.6) is 5.75 Å². The first-order valence-corrected chi connectivity index (χ1v) is 10.9. The smallest absolute Gasteiger partial charge is 0.326 e. The molecule has 1 amide bonds. The molecule has 0 radical (unpaired) electrons. The van der Waals surface area contributed by atoms with E-state index in [1.54, 1.807) is 41.0 Å². The summed E-state index contributed by atoms with van der Waals surface area (Å²) in [6, 6.07) is 11.9. The van der Waals surface area contributed by atoms with Gasteiger partial charge >= 0.3 is 5.97 Å². The highest BCUT2D eigenvalue weighted by atomic mass is 16.5. The Labute approximate surface area is 194 Å². The summed E-state index contributed by atoms with van der Waals surface area (Å²) >= 11 is 0. The topological polar surface area (TPSA) is 122 Å². The standard InChI is InChI=1S/C25H23N3O6/c1-34-20-7-3-2-6-15(20)16-8-9-19-21-17(12-27(19)24(16)31)18(13-29)22(25(32)33)28(21)23(30)14-5-4-10-26-11-14/h2-11,17-18,21-22,29H,12-13H2,1H3,(H,32,33)/t17-,18-,21+,22-/m1/s1. The summed E-state index contributed by atoms with van der Waals surface area (Å²) in [5, 5.41) is 20.1. The largest absolute Gasteiger partial charge is 0.496 e. The number of para-hydroxylation sites is 1. The molecule has 4 atom stereocenters. The van der Waals surface area contributed by atoms with E-state index < -0.39 is 42.4 Å². The molecular weight excluding hydrogens is 438 g/mol. The van der Waals surface area contributed by atoms with Gasteiger partial charge < -0.3 is 24.4 Å². The zero-order chi connectivity index (χ0) is 24.0. The van der Waals surface area contributed by atoms with Crippen molar-refractivity contribution in [3.8, 4) is 16.9 Å². The van der Waals surface area contributed by atoms with Crippen molar-refractivity contribution in [1.82, 2.24) is 14.5 Å². The highest BCUT2D eigenvalue weighted by Gasteiger charge is 2.57. The number of carbonyl (C=O) groups is 2. The highest BCUT2D eigenvalue weighted by Crippen LogP contribution is 2.50. The van der Waals surface area contributed by atoms with E-state index in [0.29, 0.717) is 22.6 Å². The number of methoxy groups -OCH3 is 1. The van der Waals surface area contributed by atoms with E-state index in [1.165, 1.54) is 24.4 Å². The molecule has 9 nitrogen and oxygen atoms in total. The van der Waals surface area contributed by atoms with Crippen molar-refractivity contribution in [2.75, 3.05) is 13.7 Å². The van der Waals surface area contributed by atoms with Crippen LogP contribution in [-0.4, -0.2) is 56.3 Å². The number of aromatic nitrogens is 2. The fourth-order valence-electron chi connectivity index (χ4n) is 5.40. The third-order valence-corrected chi connectivity index (χ3v) is 6.87. The molecule has 2 aromatic heterocycles. The minimum atomic E-state index is -1.22. The number of ether oxygens (including phenoxy) is 1. The second-order valence-electron chi connectivity index (χ2n) is 8.48. The number of aliphatic hydroxyl groups excluding tert-OH is 1. The van der Waals surface area contributed by atoms with Crippen LogP contribution in [0.4, 0.5) is 0 Å². The van der Waals surface area contributed by atoms with Crippen molar-refractivity contribution in [1.29, 1.82) is 0 Å². The molecule has 1 fully saturated rings. The Kier molecular flexibility index (Phi) is 5.41. The van der Waals surface area contributed by atoms with E-state index in [2.05, 4.69) is 4.98 Å². The Hall–Kier alpha value is -3.98.